The fraction of sp³-hybridized carbons (Fsp3) is 0.391. The number of hydrogen-bond donors (Lipinski definition) is 2. The van der Waals surface area contributed by atoms with Gasteiger partial charge in [0.25, 0.3) is 0 Å². The Morgan fingerprint density at radius 1 is 0.865 bits per heavy atom. The molecule has 0 unspecified atom stereocenters. The van der Waals surface area contributed by atoms with E-state index in [1.165, 1.54) is 12.5 Å². The van der Waals surface area contributed by atoms with Gasteiger partial charge in [-0.05, 0) is 42.8 Å². The first kappa shape index (κ1) is 30.4. The summed E-state index contributed by atoms with van der Waals surface area (Å²) in [6.45, 7) is 0. The van der Waals surface area contributed by atoms with Gasteiger partial charge in [0.2, 0.25) is 0 Å². The number of para-hydroxylation sites is 1. The van der Waals surface area contributed by atoms with Crippen LogP contribution in [0.2, 0.25) is 5.82 Å². The predicted octanol–water partition coefficient (Wildman–Crippen LogP) is 4.79. The summed E-state index contributed by atoms with van der Waals surface area (Å²) < 4.78 is 87.1. The molecule has 2 aromatic rings. The van der Waals surface area contributed by atoms with Crippen LogP contribution in [0.5, 0.6) is 5.75 Å². The van der Waals surface area contributed by atoms with Crippen molar-refractivity contribution in [1.29, 1.82) is 0 Å². The van der Waals surface area contributed by atoms with Crippen molar-refractivity contribution < 1.29 is 54.2 Å². The van der Waals surface area contributed by atoms with Gasteiger partial charge in [-0.3, -0.25) is 9.59 Å². The normalized spacial score (nSPS) is 15.5. The molecule has 0 bridgehead atoms. The highest BCUT2D eigenvalue weighted by molar-refractivity contribution is 7.88. The topological polar surface area (TPSA) is 118 Å². The predicted molar refractivity (Wildman–Crippen MR) is 124 cm³/mol. The lowest BCUT2D eigenvalue weighted by Crippen LogP contribution is -2.28. The largest absolute Gasteiger partial charge is 0.534 e. The van der Waals surface area contributed by atoms with Gasteiger partial charge in [0.1, 0.15) is 12.1 Å². The van der Waals surface area contributed by atoms with E-state index in [0.717, 1.165) is 50.5 Å². The summed E-state index contributed by atoms with van der Waals surface area (Å²) in [5, 5.41) is 16.9. The minimum Gasteiger partial charge on any atom is -0.427 e. The van der Waals surface area contributed by atoms with Gasteiger partial charge in [-0.2, -0.15) is 21.6 Å². The molecular weight excluding hydrogens is 526 g/mol. The summed E-state index contributed by atoms with van der Waals surface area (Å²) in [7, 11) is -7.05. The summed E-state index contributed by atoms with van der Waals surface area (Å²) in [5.41, 5.74) is -5.19. The van der Waals surface area contributed by atoms with Crippen LogP contribution in [0.1, 0.15) is 70.7 Å². The Morgan fingerprint density at radius 3 is 1.76 bits per heavy atom. The summed E-state index contributed by atoms with van der Waals surface area (Å²) in [6, 6.07) is 7.29. The Morgan fingerprint density at radius 2 is 1.38 bits per heavy atom. The van der Waals surface area contributed by atoms with Crippen molar-refractivity contribution in [3.05, 3.63) is 64.7 Å². The standard InChI is InChI=1S/C11H11FO.C8H4F4O4S.C4H9BO2/c12-10-6-2-5-9(7-13)11(10)8-3-1-4-8;9-6-3-1-2-5(4-13)7(6)16-17(14,15)8(10,11)12;6-5(7)4-2-1-3-4/h2,5-8H,1,3-4H2;1-4H;4,6-7H,1-3H2. The molecule has 0 radical (unpaired) electrons. The molecule has 2 fully saturated rings. The molecule has 0 heterocycles. The number of halogens is 5. The minimum absolute atomic E-state index is 0.0235. The van der Waals surface area contributed by atoms with Crippen LogP contribution in [0, 0.1) is 11.6 Å². The van der Waals surface area contributed by atoms with Crippen LogP contribution in [0.3, 0.4) is 0 Å². The second-order valence-corrected chi connectivity index (χ2v) is 9.89. The van der Waals surface area contributed by atoms with Gasteiger partial charge in [0.15, 0.2) is 17.9 Å². The zero-order valence-corrected chi connectivity index (χ0v) is 20.1. The highest BCUT2D eigenvalue weighted by atomic mass is 32.2. The Labute approximate surface area is 210 Å². The molecule has 202 valence electrons. The summed E-state index contributed by atoms with van der Waals surface area (Å²) >= 11 is 0. The zero-order chi connectivity index (χ0) is 27.8. The SMILES string of the molecule is O=Cc1cccc(F)c1C1CCC1.O=Cc1cccc(F)c1OS(=O)(=O)C(F)(F)F.OB(O)C1CCC1. The molecule has 0 saturated heterocycles. The molecule has 2 aliphatic carbocycles. The molecule has 2 aliphatic rings. The van der Waals surface area contributed by atoms with Crippen LogP contribution in [0.15, 0.2) is 36.4 Å². The molecule has 0 aromatic heterocycles. The van der Waals surface area contributed by atoms with Crippen LogP contribution < -0.4 is 4.18 Å². The Kier molecular flexibility index (Phi) is 10.8. The van der Waals surface area contributed by atoms with Crippen molar-refractivity contribution in [3.63, 3.8) is 0 Å². The smallest absolute Gasteiger partial charge is 0.427 e. The maximum absolute atomic E-state index is 13.3. The van der Waals surface area contributed by atoms with Gasteiger partial charge >= 0.3 is 22.7 Å². The minimum atomic E-state index is -6.00. The number of carbonyl (C=O) groups is 2. The lowest BCUT2D eigenvalue weighted by atomic mass is 9.61. The van der Waals surface area contributed by atoms with Crippen molar-refractivity contribution in [2.45, 2.75) is 55.8 Å². The summed E-state index contributed by atoms with van der Waals surface area (Å²) in [4.78, 5) is 21.0. The average Bonchev–Trinajstić information content (AvgIpc) is 2.73. The Balaban J connectivity index is 0.000000211. The molecule has 2 aromatic carbocycles. The highest BCUT2D eigenvalue weighted by Gasteiger charge is 2.49. The van der Waals surface area contributed by atoms with E-state index in [2.05, 4.69) is 4.18 Å². The van der Waals surface area contributed by atoms with Crippen LogP contribution in [0.25, 0.3) is 0 Å². The quantitative estimate of drug-likeness (QED) is 0.175. The van der Waals surface area contributed by atoms with Gasteiger partial charge in [-0.15, -0.1) is 0 Å². The number of alkyl halides is 3. The molecule has 4 rings (SSSR count). The monoisotopic (exact) mass is 550 g/mol. The van der Waals surface area contributed by atoms with Gasteiger partial charge < -0.3 is 14.2 Å². The van der Waals surface area contributed by atoms with Crippen molar-refractivity contribution >= 4 is 29.8 Å². The molecule has 0 amide bonds. The highest BCUT2D eigenvalue weighted by Crippen LogP contribution is 2.39. The molecule has 0 spiro atoms. The van der Waals surface area contributed by atoms with E-state index in [1.54, 1.807) is 12.1 Å². The first-order chi connectivity index (χ1) is 17.3. The van der Waals surface area contributed by atoms with E-state index in [-0.39, 0.29) is 23.8 Å². The average molecular weight is 550 g/mol. The molecule has 0 atom stereocenters. The van der Waals surface area contributed by atoms with Crippen molar-refractivity contribution in [2.75, 3.05) is 0 Å². The third-order valence-corrected chi connectivity index (χ3v) is 6.85. The van der Waals surface area contributed by atoms with Gasteiger partial charge in [0, 0.05) is 11.1 Å². The van der Waals surface area contributed by atoms with Gasteiger partial charge in [-0.25, -0.2) is 8.78 Å². The number of rotatable bonds is 6. The lowest BCUT2D eigenvalue weighted by Gasteiger charge is -2.27. The van der Waals surface area contributed by atoms with Crippen LogP contribution in [0.4, 0.5) is 22.0 Å². The maximum atomic E-state index is 13.3. The third kappa shape index (κ3) is 8.07. The zero-order valence-electron chi connectivity index (χ0n) is 19.3. The summed E-state index contributed by atoms with van der Waals surface area (Å²) in [6.07, 6.45) is 7.07. The fourth-order valence-corrected chi connectivity index (χ4v) is 3.88. The fourth-order valence-electron chi connectivity index (χ4n) is 3.39. The number of carbonyl (C=O) groups excluding carboxylic acids is 2. The van der Waals surface area contributed by atoms with E-state index in [0.29, 0.717) is 17.2 Å². The van der Waals surface area contributed by atoms with Crippen LogP contribution in [-0.2, 0) is 10.1 Å². The Hall–Kier alpha value is -2.84. The molecule has 0 aliphatic heterocycles. The molecule has 2 N–H and O–H groups in total. The van der Waals surface area contributed by atoms with Crippen molar-refractivity contribution in [3.8, 4) is 5.75 Å². The second kappa shape index (κ2) is 13.1. The molecule has 14 heteroatoms. The van der Waals surface area contributed by atoms with Gasteiger partial charge in [-0.1, -0.05) is 43.9 Å². The number of aldehydes is 2. The first-order valence-electron chi connectivity index (χ1n) is 11.2. The lowest BCUT2D eigenvalue weighted by molar-refractivity contribution is -0.0501. The molecule has 2 saturated carbocycles. The first-order valence-corrected chi connectivity index (χ1v) is 12.6. The van der Waals surface area contributed by atoms with Crippen molar-refractivity contribution in [1.82, 2.24) is 0 Å². The van der Waals surface area contributed by atoms with Crippen LogP contribution in [-0.4, -0.2) is 43.7 Å². The van der Waals surface area contributed by atoms with Crippen LogP contribution >= 0.6 is 0 Å². The number of benzene rings is 2. The molecule has 7 nitrogen and oxygen atoms in total. The van der Waals surface area contributed by atoms with E-state index in [4.69, 9.17) is 10.0 Å². The van der Waals surface area contributed by atoms with Gasteiger partial charge in [0.05, 0.1) is 5.56 Å². The maximum Gasteiger partial charge on any atom is 0.534 e. The number of hydrogen-bond acceptors (Lipinski definition) is 7. The van der Waals surface area contributed by atoms with Crippen molar-refractivity contribution in [2.24, 2.45) is 0 Å². The third-order valence-electron chi connectivity index (χ3n) is 5.90. The second-order valence-electron chi connectivity index (χ2n) is 8.35. The van der Waals surface area contributed by atoms with E-state index >= 15 is 0 Å². The Bertz CT molecular complexity index is 1180. The molecule has 37 heavy (non-hydrogen) atoms. The van der Waals surface area contributed by atoms with E-state index in [9.17, 15) is 40.0 Å². The molecular formula is C23H24BF5O7S. The van der Waals surface area contributed by atoms with E-state index in [1.807, 2.05) is 0 Å². The van der Waals surface area contributed by atoms with E-state index < -0.39 is 39.9 Å². The summed E-state index contributed by atoms with van der Waals surface area (Å²) in [5.74, 6) is -2.42.